The highest BCUT2D eigenvalue weighted by atomic mass is 16.5. The number of hydrogen-bond donors (Lipinski definition) is 2. The van der Waals surface area contributed by atoms with Gasteiger partial charge >= 0.3 is 0 Å². The number of rotatable bonds is 5. The molecule has 7 heteroatoms. The van der Waals surface area contributed by atoms with Crippen LogP contribution >= 0.6 is 0 Å². The second-order valence-corrected chi connectivity index (χ2v) is 6.83. The van der Waals surface area contributed by atoms with Gasteiger partial charge in [0.15, 0.2) is 5.78 Å². The van der Waals surface area contributed by atoms with Crippen LogP contribution in [-0.2, 0) is 6.42 Å². The molecule has 0 fully saturated rings. The fourth-order valence-corrected chi connectivity index (χ4v) is 3.57. The van der Waals surface area contributed by atoms with E-state index in [0.717, 1.165) is 0 Å². The molecule has 148 valence electrons. The minimum absolute atomic E-state index is 0.111. The van der Waals surface area contributed by atoms with E-state index in [1.807, 2.05) is 13.0 Å². The number of furan rings is 1. The molecule has 1 atom stereocenters. The molecular weight excluding hydrogens is 372 g/mol. The smallest absolute Gasteiger partial charge is 0.261 e. The maximum absolute atomic E-state index is 12.7. The molecule has 2 N–H and O–H groups in total. The Hall–Kier alpha value is -3.61. The van der Waals surface area contributed by atoms with E-state index < -0.39 is 11.5 Å². The standard InChI is InChI=1S/C22H20N2O5/c1-2-28-20-7-4-3-6-16(20)23-21(26)15-12-14-17(24-22(15)27)10-13(11-18(14)25)19-8-5-9-29-19/h3-9,12-13H,2,10-11H2,1H3,(H,23,26)(H,24,27)/t13-/m0/s1. The van der Waals surface area contributed by atoms with Crippen LogP contribution in [0.3, 0.4) is 0 Å². The molecule has 1 aliphatic carbocycles. The van der Waals surface area contributed by atoms with E-state index in [4.69, 9.17) is 9.15 Å². The molecule has 0 radical (unpaired) electrons. The lowest BCUT2D eigenvalue weighted by molar-refractivity contribution is 0.0959. The Kier molecular flexibility index (Phi) is 5.03. The number of Topliss-reactive ketones (excluding diaryl/α,β-unsaturated/α-hetero) is 1. The van der Waals surface area contributed by atoms with Crippen molar-refractivity contribution in [1.82, 2.24) is 4.98 Å². The Labute approximate surface area is 166 Å². The predicted octanol–water partition coefficient (Wildman–Crippen LogP) is 3.53. The first kappa shape index (κ1) is 18.7. The summed E-state index contributed by atoms with van der Waals surface area (Å²) >= 11 is 0. The summed E-state index contributed by atoms with van der Waals surface area (Å²) in [5.41, 5.74) is 0.707. The average Bonchev–Trinajstić information content (AvgIpc) is 3.24. The molecule has 1 aliphatic rings. The van der Waals surface area contributed by atoms with E-state index in [2.05, 4.69) is 10.3 Å². The monoisotopic (exact) mass is 392 g/mol. The van der Waals surface area contributed by atoms with Gasteiger partial charge in [0, 0.05) is 23.6 Å². The number of H-pyrrole nitrogens is 1. The number of benzene rings is 1. The third kappa shape index (κ3) is 3.71. The number of carbonyl (C=O) groups excluding carboxylic acids is 2. The van der Waals surface area contributed by atoms with Gasteiger partial charge in [0.05, 0.1) is 18.6 Å². The molecule has 0 spiro atoms. The first-order chi connectivity index (χ1) is 14.1. The molecule has 3 aromatic rings. The van der Waals surface area contributed by atoms with Gasteiger partial charge in [-0.05, 0) is 43.7 Å². The quantitative estimate of drug-likeness (QED) is 0.692. The van der Waals surface area contributed by atoms with Crippen molar-refractivity contribution in [2.24, 2.45) is 0 Å². The molecule has 1 aromatic carbocycles. The largest absolute Gasteiger partial charge is 0.492 e. The van der Waals surface area contributed by atoms with Crippen molar-refractivity contribution in [3.63, 3.8) is 0 Å². The number of anilines is 1. The lowest BCUT2D eigenvalue weighted by Crippen LogP contribution is -2.29. The Morgan fingerprint density at radius 1 is 1.21 bits per heavy atom. The zero-order chi connectivity index (χ0) is 20.4. The summed E-state index contributed by atoms with van der Waals surface area (Å²) in [7, 11) is 0. The maximum atomic E-state index is 12.7. The molecule has 0 bridgehead atoms. The second-order valence-electron chi connectivity index (χ2n) is 6.83. The van der Waals surface area contributed by atoms with Crippen LogP contribution in [0.1, 0.15) is 51.4 Å². The molecule has 0 saturated carbocycles. The van der Waals surface area contributed by atoms with Gasteiger partial charge in [-0.1, -0.05) is 12.1 Å². The summed E-state index contributed by atoms with van der Waals surface area (Å²) in [5.74, 6) is 0.363. The fourth-order valence-electron chi connectivity index (χ4n) is 3.57. The summed E-state index contributed by atoms with van der Waals surface area (Å²) in [6.45, 7) is 2.28. The van der Waals surface area contributed by atoms with Gasteiger partial charge in [0.1, 0.15) is 17.1 Å². The van der Waals surface area contributed by atoms with E-state index in [1.165, 1.54) is 6.07 Å². The fraction of sp³-hybridized carbons (Fsp3) is 0.227. The van der Waals surface area contributed by atoms with Crippen molar-refractivity contribution in [3.05, 3.63) is 81.7 Å². The SMILES string of the molecule is CCOc1ccccc1NC(=O)c1cc2c([nH]c1=O)C[C@H](c1ccco1)CC2=O. The predicted molar refractivity (Wildman–Crippen MR) is 107 cm³/mol. The van der Waals surface area contributed by atoms with Crippen LogP contribution in [-0.4, -0.2) is 23.3 Å². The normalized spacial score (nSPS) is 15.6. The Bertz CT molecular complexity index is 1110. The first-order valence-corrected chi connectivity index (χ1v) is 9.42. The van der Waals surface area contributed by atoms with Gasteiger partial charge in [0.25, 0.3) is 11.5 Å². The maximum Gasteiger partial charge on any atom is 0.261 e. The number of hydrogen-bond acceptors (Lipinski definition) is 5. The highest BCUT2D eigenvalue weighted by Crippen LogP contribution is 2.32. The van der Waals surface area contributed by atoms with Gasteiger partial charge in [-0.15, -0.1) is 0 Å². The molecule has 29 heavy (non-hydrogen) atoms. The molecule has 2 heterocycles. The molecule has 0 saturated heterocycles. The zero-order valence-corrected chi connectivity index (χ0v) is 15.9. The van der Waals surface area contributed by atoms with Crippen molar-refractivity contribution in [2.45, 2.75) is 25.7 Å². The molecule has 1 amide bonds. The molecule has 0 unspecified atom stereocenters. The average molecular weight is 392 g/mol. The van der Waals surface area contributed by atoms with Crippen LogP contribution in [0.25, 0.3) is 0 Å². The van der Waals surface area contributed by atoms with Crippen molar-refractivity contribution in [2.75, 3.05) is 11.9 Å². The summed E-state index contributed by atoms with van der Waals surface area (Å²) in [6, 6.07) is 11.9. The number of fused-ring (bicyclic) bond motifs is 1. The molecule has 4 rings (SSSR count). The van der Waals surface area contributed by atoms with Crippen LogP contribution in [0, 0.1) is 0 Å². The van der Waals surface area contributed by atoms with Crippen LogP contribution in [0.5, 0.6) is 5.75 Å². The number of amides is 1. The van der Waals surface area contributed by atoms with Crippen molar-refractivity contribution in [1.29, 1.82) is 0 Å². The van der Waals surface area contributed by atoms with E-state index in [0.29, 0.717) is 41.5 Å². The zero-order valence-electron chi connectivity index (χ0n) is 15.9. The number of carbonyl (C=O) groups is 2. The van der Waals surface area contributed by atoms with Crippen molar-refractivity contribution in [3.8, 4) is 5.75 Å². The third-order valence-electron chi connectivity index (χ3n) is 4.93. The van der Waals surface area contributed by atoms with Crippen LogP contribution in [0.15, 0.2) is 57.9 Å². The lowest BCUT2D eigenvalue weighted by Gasteiger charge is -2.22. The Morgan fingerprint density at radius 3 is 2.79 bits per heavy atom. The van der Waals surface area contributed by atoms with Gasteiger partial charge in [-0.3, -0.25) is 14.4 Å². The molecular formula is C22H20N2O5. The molecule has 0 aliphatic heterocycles. The van der Waals surface area contributed by atoms with Gasteiger partial charge < -0.3 is 19.5 Å². The minimum atomic E-state index is -0.595. The highest BCUT2D eigenvalue weighted by molar-refractivity contribution is 6.07. The third-order valence-corrected chi connectivity index (χ3v) is 4.93. The van der Waals surface area contributed by atoms with Crippen molar-refractivity contribution < 1.29 is 18.7 Å². The van der Waals surface area contributed by atoms with Crippen LogP contribution in [0.2, 0.25) is 0 Å². The Balaban J connectivity index is 1.62. The highest BCUT2D eigenvalue weighted by Gasteiger charge is 2.30. The number of aromatic amines is 1. The molecule has 7 nitrogen and oxygen atoms in total. The van der Waals surface area contributed by atoms with Gasteiger partial charge in [0.2, 0.25) is 0 Å². The van der Waals surface area contributed by atoms with E-state index >= 15 is 0 Å². The van der Waals surface area contributed by atoms with Crippen LogP contribution < -0.4 is 15.6 Å². The minimum Gasteiger partial charge on any atom is -0.492 e. The number of para-hydroxylation sites is 2. The van der Waals surface area contributed by atoms with E-state index in [-0.39, 0.29) is 23.7 Å². The summed E-state index contributed by atoms with van der Waals surface area (Å²) < 4.78 is 10.9. The van der Waals surface area contributed by atoms with Gasteiger partial charge in [-0.2, -0.15) is 0 Å². The Morgan fingerprint density at radius 2 is 2.03 bits per heavy atom. The number of ether oxygens (including phenoxy) is 1. The summed E-state index contributed by atoms with van der Waals surface area (Å²) in [5, 5.41) is 2.70. The number of nitrogens with one attached hydrogen (secondary N) is 2. The van der Waals surface area contributed by atoms with Gasteiger partial charge in [-0.25, -0.2) is 0 Å². The van der Waals surface area contributed by atoms with Crippen LogP contribution in [0.4, 0.5) is 5.69 Å². The number of aromatic nitrogens is 1. The molecule has 2 aromatic heterocycles. The summed E-state index contributed by atoms with van der Waals surface area (Å²) in [6.07, 6.45) is 2.30. The summed E-state index contributed by atoms with van der Waals surface area (Å²) in [4.78, 5) is 40.6. The topological polar surface area (TPSA) is 101 Å². The number of pyridine rings is 1. The van der Waals surface area contributed by atoms with E-state index in [9.17, 15) is 14.4 Å². The second kappa shape index (κ2) is 7.79. The first-order valence-electron chi connectivity index (χ1n) is 9.42. The van der Waals surface area contributed by atoms with E-state index in [1.54, 1.807) is 36.6 Å². The number of ketones is 1. The lowest BCUT2D eigenvalue weighted by atomic mass is 9.84. The van der Waals surface area contributed by atoms with Crippen molar-refractivity contribution >= 4 is 17.4 Å².